The maximum Gasteiger partial charge on any atom is 0.251 e. The summed E-state index contributed by atoms with van der Waals surface area (Å²) in [5.74, 6) is 0.426. The Morgan fingerprint density at radius 2 is 2.14 bits per heavy atom. The number of carbonyl (C=O) groups is 1. The molecule has 1 aliphatic carbocycles. The first-order valence-electron chi connectivity index (χ1n) is 4.54. The van der Waals surface area contributed by atoms with Gasteiger partial charge >= 0.3 is 0 Å². The fourth-order valence-corrected chi connectivity index (χ4v) is 1.59. The largest absolute Gasteiger partial charge is 0.345 e. The highest BCUT2D eigenvalue weighted by Crippen LogP contribution is 2.36. The minimum Gasteiger partial charge on any atom is -0.345 e. The van der Waals surface area contributed by atoms with Gasteiger partial charge in [-0.25, -0.2) is 0 Å². The van der Waals surface area contributed by atoms with Gasteiger partial charge < -0.3 is 5.32 Å². The molecule has 0 aromatic carbocycles. The van der Waals surface area contributed by atoms with Crippen LogP contribution in [0.5, 0.6) is 0 Å². The maximum absolute atomic E-state index is 11.7. The predicted octanol–water partition coefficient (Wildman–Crippen LogP) is 1.58. The Bertz CT molecular complexity index is 335. The first-order valence-corrected chi connectivity index (χ1v) is 5.08. The molecular formula is C10H11ClN2O. The molecule has 0 radical (unpaired) electrons. The first-order chi connectivity index (χ1) is 6.76. The molecule has 1 amide bonds. The quantitative estimate of drug-likeness (QED) is 0.770. The zero-order chi connectivity index (χ0) is 10.0. The zero-order valence-corrected chi connectivity index (χ0v) is 8.42. The van der Waals surface area contributed by atoms with Gasteiger partial charge in [0.1, 0.15) is 0 Å². The van der Waals surface area contributed by atoms with Crippen LogP contribution in [-0.4, -0.2) is 22.3 Å². The molecule has 0 spiro atoms. The molecule has 1 N–H and O–H groups in total. The van der Waals surface area contributed by atoms with Crippen LogP contribution in [0, 0.1) is 0 Å². The molecule has 1 heterocycles. The number of nitrogens with one attached hydrogen (secondary N) is 1. The maximum atomic E-state index is 11.7. The number of aromatic nitrogens is 1. The van der Waals surface area contributed by atoms with Gasteiger partial charge in [0.05, 0.1) is 5.54 Å². The van der Waals surface area contributed by atoms with E-state index < -0.39 is 0 Å². The summed E-state index contributed by atoms with van der Waals surface area (Å²) in [6, 6.07) is 3.39. The van der Waals surface area contributed by atoms with E-state index in [0.29, 0.717) is 11.4 Å². The van der Waals surface area contributed by atoms with Gasteiger partial charge in [-0.1, -0.05) is 0 Å². The molecule has 0 saturated heterocycles. The molecule has 0 atom stereocenters. The van der Waals surface area contributed by atoms with E-state index in [1.807, 2.05) is 0 Å². The van der Waals surface area contributed by atoms with E-state index in [4.69, 9.17) is 11.6 Å². The number of hydrogen-bond acceptors (Lipinski definition) is 2. The van der Waals surface area contributed by atoms with E-state index in [9.17, 15) is 4.79 Å². The minimum absolute atomic E-state index is 0.0643. The lowest BCUT2D eigenvalue weighted by Crippen LogP contribution is -2.38. The molecule has 1 aromatic rings. The highest BCUT2D eigenvalue weighted by Gasteiger charge is 2.43. The molecule has 1 saturated carbocycles. The van der Waals surface area contributed by atoms with Gasteiger partial charge in [0.25, 0.3) is 5.91 Å². The monoisotopic (exact) mass is 210 g/mol. The van der Waals surface area contributed by atoms with Gasteiger partial charge in [0, 0.05) is 23.8 Å². The van der Waals surface area contributed by atoms with Crippen molar-refractivity contribution in [1.82, 2.24) is 10.3 Å². The molecular weight excluding hydrogens is 200 g/mol. The topological polar surface area (TPSA) is 42.0 Å². The van der Waals surface area contributed by atoms with E-state index in [2.05, 4.69) is 10.3 Å². The van der Waals surface area contributed by atoms with Gasteiger partial charge in [0.2, 0.25) is 0 Å². The number of pyridine rings is 1. The molecule has 1 aromatic heterocycles. The van der Waals surface area contributed by atoms with Crippen molar-refractivity contribution in [2.24, 2.45) is 0 Å². The number of amides is 1. The first kappa shape index (κ1) is 9.46. The minimum atomic E-state index is -0.137. The normalized spacial score (nSPS) is 17.5. The molecule has 0 bridgehead atoms. The van der Waals surface area contributed by atoms with Crippen molar-refractivity contribution in [3.63, 3.8) is 0 Å². The standard InChI is InChI=1S/C10H11ClN2O/c11-7-10(3-4-10)13-9(14)8-1-5-12-6-2-8/h1-2,5-6H,3-4,7H2,(H,13,14). The fraction of sp³-hybridized carbons (Fsp3) is 0.400. The summed E-state index contributed by atoms with van der Waals surface area (Å²) in [5.41, 5.74) is 0.499. The lowest BCUT2D eigenvalue weighted by atomic mass is 10.2. The van der Waals surface area contributed by atoms with E-state index in [1.165, 1.54) is 0 Å². The molecule has 0 unspecified atom stereocenters. The summed E-state index contributed by atoms with van der Waals surface area (Å²) < 4.78 is 0. The van der Waals surface area contributed by atoms with Crippen molar-refractivity contribution in [1.29, 1.82) is 0 Å². The van der Waals surface area contributed by atoms with Gasteiger partial charge in [-0.15, -0.1) is 11.6 Å². The Morgan fingerprint density at radius 1 is 1.50 bits per heavy atom. The Labute approximate surface area is 87.5 Å². The molecule has 0 aliphatic heterocycles. The molecule has 14 heavy (non-hydrogen) atoms. The lowest BCUT2D eigenvalue weighted by Gasteiger charge is -2.13. The van der Waals surface area contributed by atoms with Crippen molar-refractivity contribution in [3.8, 4) is 0 Å². The van der Waals surface area contributed by atoms with Gasteiger partial charge in [-0.05, 0) is 25.0 Å². The van der Waals surface area contributed by atoms with Crippen LogP contribution < -0.4 is 5.32 Å². The third kappa shape index (κ3) is 1.87. The summed E-state index contributed by atoms with van der Waals surface area (Å²) in [5, 5.41) is 2.93. The van der Waals surface area contributed by atoms with Crippen LogP contribution in [0.2, 0.25) is 0 Å². The van der Waals surface area contributed by atoms with Gasteiger partial charge in [-0.3, -0.25) is 9.78 Å². The smallest absolute Gasteiger partial charge is 0.251 e. The number of nitrogens with zero attached hydrogens (tertiary/aromatic N) is 1. The van der Waals surface area contributed by atoms with Crippen LogP contribution in [0.4, 0.5) is 0 Å². The van der Waals surface area contributed by atoms with Gasteiger partial charge in [-0.2, -0.15) is 0 Å². The van der Waals surface area contributed by atoms with Crippen LogP contribution in [0.1, 0.15) is 23.2 Å². The van der Waals surface area contributed by atoms with E-state index >= 15 is 0 Å². The molecule has 74 valence electrons. The highest BCUT2D eigenvalue weighted by molar-refractivity contribution is 6.19. The van der Waals surface area contributed by atoms with Crippen LogP contribution in [0.15, 0.2) is 24.5 Å². The van der Waals surface area contributed by atoms with Crippen molar-refractivity contribution in [2.75, 3.05) is 5.88 Å². The number of rotatable bonds is 3. The average Bonchev–Trinajstić information content (AvgIpc) is 3.00. The van der Waals surface area contributed by atoms with E-state index in [0.717, 1.165) is 12.8 Å². The molecule has 1 fully saturated rings. The second kappa shape index (κ2) is 3.58. The fourth-order valence-electron chi connectivity index (χ4n) is 1.26. The summed E-state index contributed by atoms with van der Waals surface area (Å²) in [4.78, 5) is 15.5. The highest BCUT2D eigenvalue weighted by atomic mass is 35.5. The Kier molecular flexibility index (Phi) is 2.42. The SMILES string of the molecule is O=C(NC1(CCl)CC1)c1ccncc1. The second-order valence-electron chi connectivity index (χ2n) is 3.60. The van der Waals surface area contributed by atoms with Crippen LogP contribution in [0.25, 0.3) is 0 Å². The zero-order valence-electron chi connectivity index (χ0n) is 7.66. The number of halogens is 1. The summed E-state index contributed by atoms with van der Waals surface area (Å²) in [6.45, 7) is 0. The number of hydrogen-bond donors (Lipinski definition) is 1. The van der Waals surface area contributed by atoms with Crippen molar-refractivity contribution in [2.45, 2.75) is 18.4 Å². The number of carbonyl (C=O) groups excluding carboxylic acids is 1. The van der Waals surface area contributed by atoms with Crippen LogP contribution >= 0.6 is 11.6 Å². The lowest BCUT2D eigenvalue weighted by molar-refractivity contribution is 0.0936. The molecule has 2 rings (SSSR count). The van der Waals surface area contributed by atoms with Gasteiger partial charge in [0.15, 0.2) is 0 Å². The number of alkyl halides is 1. The Hall–Kier alpha value is -1.09. The van der Waals surface area contributed by atoms with E-state index in [1.54, 1.807) is 24.5 Å². The molecule has 3 nitrogen and oxygen atoms in total. The second-order valence-corrected chi connectivity index (χ2v) is 3.87. The summed E-state index contributed by atoms with van der Waals surface area (Å²) >= 11 is 5.76. The Balaban J connectivity index is 2.03. The van der Waals surface area contributed by atoms with Crippen molar-refractivity contribution in [3.05, 3.63) is 30.1 Å². The Morgan fingerprint density at radius 3 is 2.64 bits per heavy atom. The van der Waals surface area contributed by atoms with Crippen LogP contribution in [-0.2, 0) is 0 Å². The van der Waals surface area contributed by atoms with Crippen molar-refractivity contribution >= 4 is 17.5 Å². The predicted molar refractivity (Wildman–Crippen MR) is 54.4 cm³/mol. The molecule has 4 heteroatoms. The summed E-state index contributed by atoms with van der Waals surface area (Å²) in [6.07, 6.45) is 5.17. The average molecular weight is 211 g/mol. The molecule has 1 aliphatic rings. The van der Waals surface area contributed by atoms with Crippen LogP contribution in [0.3, 0.4) is 0 Å². The third-order valence-corrected chi connectivity index (χ3v) is 2.94. The van der Waals surface area contributed by atoms with E-state index in [-0.39, 0.29) is 11.4 Å². The summed E-state index contributed by atoms with van der Waals surface area (Å²) in [7, 11) is 0. The third-order valence-electron chi connectivity index (χ3n) is 2.43. The van der Waals surface area contributed by atoms with Crippen molar-refractivity contribution < 1.29 is 4.79 Å².